The van der Waals surface area contributed by atoms with Crippen molar-refractivity contribution in [2.24, 2.45) is 5.41 Å². The molecule has 206 valence electrons. The van der Waals surface area contributed by atoms with E-state index in [1.54, 1.807) is 4.90 Å². The Labute approximate surface area is 223 Å². The largest absolute Gasteiger partial charge is 0.467 e. The quantitative estimate of drug-likeness (QED) is 0.438. The number of methoxy groups -OCH3 is 1. The van der Waals surface area contributed by atoms with Crippen LogP contribution >= 0.6 is 0 Å². The molecular weight excluding hydrogens is 490 g/mol. The van der Waals surface area contributed by atoms with Crippen molar-refractivity contribution < 1.29 is 33.4 Å². The van der Waals surface area contributed by atoms with Crippen LogP contribution in [0, 0.1) is 5.41 Å². The molecule has 3 amide bonds. The Morgan fingerprint density at radius 3 is 2.66 bits per heavy atom. The number of carbonyl (C=O) groups excluding carboxylic acids is 4. The molecule has 1 aromatic carbocycles. The zero-order chi connectivity index (χ0) is 27.4. The minimum Gasteiger partial charge on any atom is -0.467 e. The lowest BCUT2D eigenvalue weighted by Gasteiger charge is -2.34. The summed E-state index contributed by atoms with van der Waals surface area (Å²) in [5.74, 6) is -1.06. The second-order valence-electron chi connectivity index (χ2n) is 11.1. The summed E-state index contributed by atoms with van der Waals surface area (Å²) in [5.41, 5.74) is 2.53. The molecule has 1 aromatic rings. The molecule has 3 aliphatic heterocycles. The van der Waals surface area contributed by atoms with E-state index >= 15 is 0 Å². The number of benzene rings is 1. The summed E-state index contributed by atoms with van der Waals surface area (Å²) in [6.07, 6.45) is 4.70. The highest BCUT2D eigenvalue weighted by Gasteiger charge is 2.47. The van der Waals surface area contributed by atoms with Crippen molar-refractivity contribution in [2.75, 3.05) is 20.3 Å². The molecule has 0 aromatic heterocycles. The van der Waals surface area contributed by atoms with E-state index in [0.717, 1.165) is 29.5 Å². The van der Waals surface area contributed by atoms with Crippen molar-refractivity contribution in [1.82, 2.24) is 15.1 Å². The monoisotopic (exact) mass is 527 g/mol. The number of rotatable bonds is 1. The molecule has 38 heavy (non-hydrogen) atoms. The Kier molecular flexibility index (Phi) is 8.28. The maximum atomic E-state index is 13.7. The first-order valence-corrected chi connectivity index (χ1v) is 13.1. The third-order valence-corrected chi connectivity index (χ3v) is 7.24. The van der Waals surface area contributed by atoms with Crippen LogP contribution in [0.25, 0.3) is 6.08 Å². The molecule has 0 saturated carbocycles. The fourth-order valence-electron chi connectivity index (χ4n) is 5.15. The van der Waals surface area contributed by atoms with Crippen LogP contribution in [-0.2, 0) is 36.9 Å². The number of carbonyl (C=O) groups is 4. The van der Waals surface area contributed by atoms with Crippen molar-refractivity contribution in [3.63, 3.8) is 0 Å². The van der Waals surface area contributed by atoms with Crippen LogP contribution in [0.15, 0.2) is 24.3 Å². The third-order valence-electron chi connectivity index (χ3n) is 7.24. The molecule has 0 spiro atoms. The number of nitrogens with zero attached hydrogens (tertiary/aromatic N) is 2. The van der Waals surface area contributed by atoms with Gasteiger partial charge in [0, 0.05) is 13.0 Å². The number of allylic oxidation sites excluding steroid dienone is 1. The zero-order valence-electron chi connectivity index (χ0n) is 22.5. The van der Waals surface area contributed by atoms with Gasteiger partial charge >= 0.3 is 18.2 Å². The number of esters is 1. The highest BCUT2D eigenvalue weighted by Crippen LogP contribution is 2.31. The van der Waals surface area contributed by atoms with E-state index in [1.807, 2.05) is 39.0 Å². The fraction of sp³-hybridized carbons (Fsp3) is 0.571. The van der Waals surface area contributed by atoms with Gasteiger partial charge in [0.15, 0.2) is 0 Å². The molecule has 4 rings (SSSR count). The summed E-state index contributed by atoms with van der Waals surface area (Å²) in [6, 6.07) is 4.11. The maximum Gasteiger partial charge on any atom is 0.410 e. The van der Waals surface area contributed by atoms with Crippen LogP contribution in [0.4, 0.5) is 9.59 Å². The Bertz CT molecular complexity index is 1110. The van der Waals surface area contributed by atoms with Gasteiger partial charge in [-0.05, 0) is 41.4 Å². The Balaban J connectivity index is 1.60. The van der Waals surface area contributed by atoms with Gasteiger partial charge in [-0.15, -0.1) is 0 Å². The zero-order valence-corrected chi connectivity index (χ0v) is 22.5. The van der Waals surface area contributed by atoms with Gasteiger partial charge in [0.05, 0.1) is 26.8 Å². The van der Waals surface area contributed by atoms with E-state index in [1.165, 1.54) is 12.0 Å². The minimum absolute atomic E-state index is 0.0163. The Morgan fingerprint density at radius 1 is 1.13 bits per heavy atom. The lowest BCUT2D eigenvalue weighted by Crippen LogP contribution is -2.57. The standard InChI is InChI=1S/C28H37N3O7/c1-28(2,3)23-24(32)31-16-20(14-22(31)25(33)36-4)38-27(35)30-15-19-12-9-11-18(21(19)17-30)10-7-5-6-8-13-37-26(34)29-23/h7,9-12,20,22-23H,5-6,8,13-17H2,1-4H3,(H,29,34)/b10-7+/t20-,22+,23-/m1/s1. The summed E-state index contributed by atoms with van der Waals surface area (Å²) in [5, 5.41) is 2.69. The predicted molar refractivity (Wildman–Crippen MR) is 139 cm³/mol. The van der Waals surface area contributed by atoms with Crippen molar-refractivity contribution >= 4 is 30.1 Å². The summed E-state index contributed by atoms with van der Waals surface area (Å²) < 4.78 is 16.1. The van der Waals surface area contributed by atoms with Crippen LogP contribution in [-0.4, -0.2) is 72.3 Å². The number of hydrogen-bond donors (Lipinski definition) is 1. The van der Waals surface area contributed by atoms with Crippen LogP contribution in [0.2, 0.25) is 0 Å². The Morgan fingerprint density at radius 2 is 1.92 bits per heavy atom. The third kappa shape index (κ3) is 6.11. The number of nitrogens with one attached hydrogen (secondary N) is 1. The molecular formula is C28H37N3O7. The second kappa shape index (κ2) is 11.4. The van der Waals surface area contributed by atoms with E-state index in [9.17, 15) is 19.2 Å². The van der Waals surface area contributed by atoms with Gasteiger partial charge in [0.25, 0.3) is 0 Å². The lowest BCUT2D eigenvalue weighted by molar-refractivity contribution is -0.152. The fourth-order valence-corrected chi connectivity index (χ4v) is 5.15. The van der Waals surface area contributed by atoms with Gasteiger partial charge in [0.1, 0.15) is 18.2 Å². The highest BCUT2D eigenvalue weighted by atomic mass is 16.6. The summed E-state index contributed by atoms with van der Waals surface area (Å²) >= 11 is 0. The van der Waals surface area contributed by atoms with Crippen molar-refractivity contribution in [3.8, 4) is 0 Å². The van der Waals surface area contributed by atoms with Crippen molar-refractivity contribution in [1.29, 1.82) is 0 Å². The SMILES string of the molecule is COC(=O)[C@@H]1C[C@@H]2CN1C(=O)[C@H](C(C)(C)C)NC(=O)OCCCC/C=C/c1cccc3c1CN(C3)C(=O)O2. The average Bonchev–Trinajstić information content (AvgIpc) is 3.49. The van der Waals surface area contributed by atoms with E-state index < -0.39 is 47.7 Å². The maximum absolute atomic E-state index is 13.7. The molecule has 1 N–H and O–H groups in total. The normalized spacial score (nSPS) is 25.8. The number of alkyl carbamates (subject to hydrolysis) is 1. The summed E-state index contributed by atoms with van der Waals surface area (Å²) in [7, 11) is 1.25. The van der Waals surface area contributed by atoms with E-state index in [0.29, 0.717) is 19.5 Å². The topological polar surface area (TPSA) is 114 Å². The van der Waals surface area contributed by atoms with Crippen LogP contribution in [0.5, 0.6) is 0 Å². The van der Waals surface area contributed by atoms with Gasteiger partial charge in [-0.2, -0.15) is 0 Å². The van der Waals surface area contributed by atoms with Crippen molar-refractivity contribution in [2.45, 2.75) is 77.7 Å². The van der Waals surface area contributed by atoms with Crippen LogP contribution < -0.4 is 5.32 Å². The number of hydrogen-bond acceptors (Lipinski definition) is 7. The molecule has 1 saturated heterocycles. The lowest BCUT2D eigenvalue weighted by atomic mass is 9.85. The highest BCUT2D eigenvalue weighted by molar-refractivity contribution is 5.91. The van der Waals surface area contributed by atoms with Crippen molar-refractivity contribution in [3.05, 3.63) is 41.0 Å². The number of fused-ring (bicyclic) bond motifs is 3. The molecule has 0 aliphatic carbocycles. The molecule has 3 heterocycles. The number of cyclic esters (lactones) is 1. The van der Waals surface area contributed by atoms with Gasteiger partial charge in [-0.1, -0.05) is 51.1 Å². The van der Waals surface area contributed by atoms with E-state index in [2.05, 4.69) is 17.5 Å². The number of ether oxygens (including phenoxy) is 3. The Hall–Kier alpha value is -3.56. The van der Waals surface area contributed by atoms with Gasteiger partial charge < -0.3 is 24.4 Å². The first kappa shape index (κ1) is 27.5. The smallest absolute Gasteiger partial charge is 0.410 e. The van der Waals surface area contributed by atoms with E-state index in [-0.39, 0.29) is 19.6 Å². The minimum atomic E-state index is -0.961. The molecule has 1 fully saturated rings. The molecule has 0 radical (unpaired) electrons. The van der Waals surface area contributed by atoms with E-state index in [4.69, 9.17) is 14.2 Å². The molecule has 4 bridgehead atoms. The van der Waals surface area contributed by atoms with Crippen LogP contribution in [0.3, 0.4) is 0 Å². The van der Waals surface area contributed by atoms with Gasteiger partial charge in [0.2, 0.25) is 5.91 Å². The van der Waals surface area contributed by atoms with Gasteiger partial charge in [-0.25, -0.2) is 14.4 Å². The predicted octanol–water partition coefficient (Wildman–Crippen LogP) is 3.62. The molecule has 3 aliphatic rings. The first-order valence-electron chi connectivity index (χ1n) is 13.1. The molecule has 10 nitrogen and oxygen atoms in total. The summed E-state index contributed by atoms with van der Waals surface area (Å²) in [6.45, 7) is 6.56. The average molecular weight is 528 g/mol. The number of amides is 3. The first-order chi connectivity index (χ1) is 18.1. The van der Waals surface area contributed by atoms with Gasteiger partial charge in [-0.3, -0.25) is 9.69 Å². The molecule has 10 heteroatoms. The molecule has 0 unspecified atom stereocenters. The summed E-state index contributed by atoms with van der Waals surface area (Å²) in [4.78, 5) is 55.0. The molecule has 3 atom stereocenters. The van der Waals surface area contributed by atoms with Crippen LogP contribution in [0.1, 0.15) is 63.1 Å². The second-order valence-corrected chi connectivity index (χ2v) is 11.1.